The number of nitrogens with zero attached hydrogens (tertiary/aromatic N) is 2. The van der Waals surface area contributed by atoms with E-state index in [1.54, 1.807) is 24.3 Å². The van der Waals surface area contributed by atoms with Crippen molar-refractivity contribution in [3.63, 3.8) is 0 Å². The Morgan fingerprint density at radius 2 is 2.00 bits per heavy atom. The maximum Gasteiger partial charge on any atom is 0.218 e. The minimum absolute atomic E-state index is 0.00795. The van der Waals surface area contributed by atoms with E-state index in [-0.39, 0.29) is 5.75 Å². The largest absolute Gasteiger partial charge is 0.218 e. The van der Waals surface area contributed by atoms with Gasteiger partial charge in [0, 0.05) is 13.1 Å². The highest BCUT2D eigenvalue weighted by molar-refractivity contribution is 7.88. The first kappa shape index (κ1) is 13.8. The lowest BCUT2D eigenvalue weighted by Gasteiger charge is -2.25. The predicted octanol–water partition coefficient (Wildman–Crippen LogP) is 2.04. The summed E-state index contributed by atoms with van der Waals surface area (Å²) >= 11 is 0. The molecule has 0 unspecified atom stereocenters. The number of hydrogen-bond acceptors (Lipinski definition) is 3. The smallest absolute Gasteiger partial charge is 0.212 e. The Kier molecular flexibility index (Phi) is 4.03. The van der Waals surface area contributed by atoms with Crippen LogP contribution in [0.1, 0.15) is 24.5 Å². The maximum absolute atomic E-state index is 12.3. The molecule has 4 nitrogen and oxygen atoms in total. The molecule has 1 aliphatic rings. The average molecular weight is 276 g/mol. The molecular weight excluding hydrogens is 260 g/mol. The van der Waals surface area contributed by atoms with Gasteiger partial charge in [-0.15, -0.1) is 0 Å². The lowest BCUT2D eigenvalue weighted by atomic mass is 10.2. The van der Waals surface area contributed by atoms with Crippen molar-refractivity contribution in [3.05, 3.63) is 47.0 Å². The highest BCUT2D eigenvalue weighted by Crippen LogP contribution is 2.17. The van der Waals surface area contributed by atoms with Crippen LogP contribution in [0.15, 0.2) is 35.9 Å². The summed E-state index contributed by atoms with van der Waals surface area (Å²) in [7, 11) is -3.28. The van der Waals surface area contributed by atoms with Gasteiger partial charge in [-0.25, -0.2) is 8.42 Å². The van der Waals surface area contributed by atoms with E-state index < -0.39 is 10.0 Å². The SMILES string of the molecule is CC1=CCCN(S(=O)(=O)Cc2ccc(C#N)cc2)C1. The molecule has 0 spiro atoms. The summed E-state index contributed by atoms with van der Waals surface area (Å²) in [5, 5.41) is 8.71. The Hall–Kier alpha value is -1.64. The van der Waals surface area contributed by atoms with Gasteiger partial charge in [0.05, 0.1) is 17.4 Å². The minimum Gasteiger partial charge on any atom is -0.212 e. The summed E-state index contributed by atoms with van der Waals surface area (Å²) in [6.45, 7) is 2.98. The molecule has 0 saturated carbocycles. The van der Waals surface area contributed by atoms with E-state index in [2.05, 4.69) is 6.08 Å². The van der Waals surface area contributed by atoms with Crippen LogP contribution >= 0.6 is 0 Å². The van der Waals surface area contributed by atoms with Crippen LogP contribution in [-0.2, 0) is 15.8 Å². The van der Waals surface area contributed by atoms with E-state index in [0.717, 1.165) is 12.0 Å². The van der Waals surface area contributed by atoms with Gasteiger partial charge < -0.3 is 0 Å². The van der Waals surface area contributed by atoms with Crippen LogP contribution in [0.25, 0.3) is 0 Å². The van der Waals surface area contributed by atoms with Gasteiger partial charge in [-0.2, -0.15) is 9.57 Å². The van der Waals surface area contributed by atoms with Crippen LogP contribution in [0.5, 0.6) is 0 Å². The lowest BCUT2D eigenvalue weighted by molar-refractivity contribution is 0.427. The quantitative estimate of drug-likeness (QED) is 0.794. The standard InChI is InChI=1S/C14H16N2O2S/c1-12-3-2-8-16(10-12)19(17,18)11-14-6-4-13(9-15)5-7-14/h3-7H,2,8,10-11H2,1H3. The van der Waals surface area contributed by atoms with E-state index in [1.807, 2.05) is 13.0 Å². The van der Waals surface area contributed by atoms with Crippen LogP contribution in [0, 0.1) is 11.3 Å². The number of sulfonamides is 1. The first-order chi connectivity index (χ1) is 9.01. The Morgan fingerprint density at radius 3 is 2.58 bits per heavy atom. The van der Waals surface area contributed by atoms with Crippen molar-refractivity contribution in [2.45, 2.75) is 19.1 Å². The molecule has 1 aromatic carbocycles. The molecule has 5 heteroatoms. The van der Waals surface area contributed by atoms with E-state index >= 15 is 0 Å². The van der Waals surface area contributed by atoms with Gasteiger partial charge in [0.2, 0.25) is 10.0 Å². The molecular formula is C14H16N2O2S. The lowest BCUT2D eigenvalue weighted by Crippen LogP contribution is -2.36. The van der Waals surface area contributed by atoms with Gasteiger partial charge in [-0.05, 0) is 31.0 Å². The maximum atomic E-state index is 12.3. The molecule has 2 rings (SSSR count). The zero-order valence-electron chi connectivity index (χ0n) is 10.8. The second-order valence-corrected chi connectivity index (χ2v) is 6.71. The van der Waals surface area contributed by atoms with Crippen molar-refractivity contribution in [1.29, 1.82) is 5.26 Å². The summed E-state index contributed by atoms with van der Waals surface area (Å²) in [6.07, 6.45) is 2.85. The molecule has 100 valence electrons. The Labute approximate surface area is 114 Å². The average Bonchev–Trinajstić information content (AvgIpc) is 2.39. The predicted molar refractivity (Wildman–Crippen MR) is 73.7 cm³/mol. The van der Waals surface area contributed by atoms with Crippen molar-refractivity contribution in [1.82, 2.24) is 4.31 Å². The molecule has 0 amide bonds. The number of hydrogen-bond donors (Lipinski definition) is 0. The van der Waals surface area contributed by atoms with Gasteiger partial charge in [-0.3, -0.25) is 0 Å². The van der Waals surface area contributed by atoms with E-state index in [9.17, 15) is 8.42 Å². The Morgan fingerprint density at radius 1 is 1.32 bits per heavy atom. The molecule has 0 aromatic heterocycles. The third-order valence-corrected chi connectivity index (χ3v) is 4.92. The van der Waals surface area contributed by atoms with Crippen LogP contribution in [-0.4, -0.2) is 25.8 Å². The van der Waals surface area contributed by atoms with E-state index in [4.69, 9.17) is 5.26 Å². The van der Waals surface area contributed by atoms with Crippen LogP contribution in [0.3, 0.4) is 0 Å². The number of benzene rings is 1. The normalized spacial score (nSPS) is 16.7. The molecule has 1 aliphatic heterocycles. The number of nitriles is 1. The fourth-order valence-corrected chi connectivity index (χ4v) is 3.67. The first-order valence-electron chi connectivity index (χ1n) is 6.14. The summed E-state index contributed by atoms with van der Waals surface area (Å²) in [6, 6.07) is 8.70. The third kappa shape index (κ3) is 3.43. The molecule has 0 bridgehead atoms. The van der Waals surface area contributed by atoms with Gasteiger partial charge in [0.15, 0.2) is 0 Å². The first-order valence-corrected chi connectivity index (χ1v) is 7.75. The monoisotopic (exact) mass is 276 g/mol. The van der Waals surface area contributed by atoms with Crippen molar-refractivity contribution in [2.75, 3.05) is 13.1 Å². The summed E-state index contributed by atoms with van der Waals surface area (Å²) in [5.41, 5.74) is 2.35. The van der Waals surface area contributed by atoms with Crippen LogP contribution < -0.4 is 0 Å². The van der Waals surface area contributed by atoms with Gasteiger partial charge >= 0.3 is 0 Å². The second kappa shape index (κ2) is 5.55. The fraction of sp³-hybridized carbons (Fsp3) is 0.357. The number of rotatable bonds is 3. The highest BCUT2D eigenvalue weighted by atomic mass is 32.2. The summed E-state index contributed by atoms with van der Waals surface area (Å²) in [5.74, 6) is -0.00795. The van der Waals surface area contributed by atoms with Gasteiger partial charge in [0.25, 0.3) is 0 Å². The van der Waals surface area contributed by atoms with Crippen molar-refractivity contribution in [2.24, 2.45) is 0 Å². The van der Waals surface area contributed by atoms with Crippen molar-refractivity contribution in [3.8, 4) is 6.07 Å². The van der Waals surface area contributed by atoms with Gasteiger partial charge in [-0.1, -0.05) is 23.8 Å². The molecule has 19 heavy (non-hydrogen) atoms. The molecule has 0 atom stereocenters. The van der Waals surface area contributed by atoms with Crippen LogP contribution in [0.2, 0.25) is 0 Å². The summed E-state index contributed by atoms with van der Waals surface area (Å²) in [4.78, 5) is 0. The molecule has 0 aliphatic carbocycles. The van der Waals surface area contributed by atoms with Crippen molar-refractivity contribution >= 4 is 10.0 Å². The molecule has 0 saturated heterocycles. The second-order valence-electron chi connectivity index (χ2n) is 4.74. The Bertz CT molecular complexity index is 624. The van der Waals surface area contributed by atoms with E-state index in [0.29, 0.717) is 24.2 Å². The Balaban J connectivity index is 2.12. The zero-order valence-corrected chi connectivity index (χ0v) is 11.7. The molecule has 1 aromatic rings. The van der Waals surface area contributed by atoms with Crippen LogP contribution in [0.4, 0.5) is 0 Å². The molecule has 1 heterocycles. The zero-order chi connectivity index (χ0) is 13.9. The minimum atomic E-state index is -3.28. The molecule has 0 radical (unpaired) electrons. The van der Waals surface area contributed by atoms with Crippen molar-refractivity contribution < 1.29 is 8.42 Å². The third-order valence-electron chi connectivity index (χ3n) is 3.12. The van der Waals surface area contributed by atoms with Gasteiger partial charge in [0.1, 0.15) is 0 Å². The topological polar surface area (TPSA) is 61.2 Å². The van der Waals surface area contributed by atoms with E-state index in [1.165, 1.54) is 4.31 Å². The highest BCUT2D eigenvalue weighted by Gasteiger charge is 2.24. The molecule has 0 N–H and O–H groups in total. The summed E-state index contributed by atoms with van der Waals surface area (Å²) < 4.78 is 26.1. The fourth-order valence-electron chi connectivity index (χ4n) is 2.09. The molecule has 0 fully saturated rings.